The highest BCUT2D eigenvalue weighted by Gasteiger charge is 2.59. The molecule has 0 amide bonds. The van der Waals surface area contributed by atoms with Crippen LogP contribution in [0.2, 0.25) is 10.0 Å². The van der Waals surface area contributed by atoms with Crippen LogP contribution in [0, 0.1) is 6.92 Å². The average Bonchev–Trinajstić information content (AvgIpc) is 3.00. The van der Waals surface area contributed by atoms with E-state index in [9.17, 15) is 18.0 Å². The second kappa shape index (κ2) is 6.61. The molecule has 136 valence electrons. The van der Waals surface area contributed by atoms with Crippen LogP contribution in [0.1, 0.15) is 27.0 Å². The Balaban J connectivity index is 2.14. The molecule has 0 saturated carbocycles. The molecule has 0 bridgehead atoms. The number of aryl methyl sites for hydroxylation is 1. The molecule has 1 N–H and O–H groups in total. The van der Waals surface area contributed by atoms with Crippen molar-refractivity contribution in [1.82, 2.24) is 5.48 Å². The number of alkyl halides is 3. The number of aldehydes is 1. The van der Waals surface area contributed by atoms with Crippen LogP contribution < -0.4 is 5.48 Å². The maximum absolute atomic E-state index is 13.9. The molecular formula is C18H12Cl2F3NO2. The molecule has 0 aromatic heterocycles. The van der Waals surface area contributed by atoms with Crippen molar-refractivity contribution in [2.45, 2.75) is 18.7 Å². The summed E-state index contributed by atoms with van der Waals surface area (Å²) in [5.41, 5.74) is 1.02. The molecule has 0 spiro atoms. The van der Waals surface area contributed by atoms with E-state index in [2.05, 4.69) is 5.48 Å². The Morgan fingerprint density at radius 1 is 1.12 bits per heavy atom. The standard InChI is InChI=1S/C18H12Cl2F3NO2/c1-10-4-11(2-3-12(10)9-25)16-8-17(26-24-16,18(21,22)23)13-5-14(19)7-15(20)6-13/h2-9,24H,1H3. The van der Waals surface area contributed by atoms with E-state index in [4.69, 9.17) is 28.0 Å². The topological polar surface area (TPSA) is 38.3 Å². The van der Waals surface area contributed by atoms with Gasteiger partial charge in [-0.3, -0.25) is 15.1 Å². The van der Waals surface area contributed by atoms with E-state index in [1.54, 1.807) is 13.0 Å². The minimum absolute atomic E-state index is 0.0627. The zero-order valence-electron chi connectivity index (χ0n) is 13.3. The lowest BCUT2D eigenvalue weighted by atomic mass is 9.91. The van der Waals surface area contributed by atoms with Crippen molar-refractivity contribution in [1.29, 1.82) is 0 Å². The summed E-state index contributed by atoms with van der Waals surface area (Å²) in [6.45, 7) is 1.69. The predicted molar refractivity (Wildman–Crippen MR) is 93.0 cm³/mol. The number of nitrogens with one attached hydrogen (secondary N) is 1. The van der Waals surface area contributed by atoms with Gasteiger partial charge in [-0.2, -0.15) is 13.2 Å². The molecule has 2 aromatic rings. The third kappa shape index (κ3) is 3.20. The first-order chi connectivity index (χ1) is 12.2. The summed E-state index contributed by atoms with van der Waals surface area (Å²) in [7, 11) is 0. The Bertz CT molecular complexity index is 892. The molecule has 3 nitrogen and oxygen atoms in total. The molecule has 0 radical (unpaired) electrons. The van der Waals surface area contributed by atoms with E-state index >= 15 is 0 Å². The van der Waals surface area contributed by atoms with Gasteiger partial charge in [-0.15, -0.1) is 0 Å². The lowest BCUT2D eigenvalue weighted by molar-refractivity contribution is -0.269. The van der Waals surface area contributed by atoms with Crippen LogP contribution >= 0.6 is 23.2 Å². The highest BCUT2D eigenvalue weighted by Crippen LogP contribution is 2.48. The number of hydrogen-bond acceptors (Lipinski definition) is 3. The molecule has 8 heteroatoms. The van der Waals surface area contributed by atoms with Crippen LogP contribution in [-0.2, 0) is 10.4 Å². The van der Waals surface area contributed by atoms with Gasteiger partial charge in [-0.25, -0.2) is 0 Å². The SMILES string of the molecule is Cc1cc(C2=CC(c3cc(Cl)cc(Cl)c3)(C(F)(F)F)ON2)ccc1C=O. The van der Waals surface area contributed by atoms with Gasteiger partial charge in [0.2, 0.25) is 5.60 Å². The maximum Gasteiger partial charge on any atom is 0.428 e. The number of benzene rings is 2. The smallest absolute Gasteiger partial charge is 0.298 e. The van der Waals surface area contributed by atoms with Gasteiger partial charge < -0.3 is 0 Å². The largest absolute Gasteiger partial charge is 0.428 e. The second-order valence-corrected chi connectivity index (χ2v) is 6.72. The Hall–Kier alpha value is -2.02. The predicted octanol–water partition coefficient (Wildman–Crippen LogP) is 5.45. The van der Waals surface area contributed by atoms with Gasteiger partial charge in [0.25, 0.3) is 0 Å². The fourth-order valence-corrected chi connectivity index (χ4v) is 3.26. The van der Waals surface area contributed by atoms with Crippen LogP contribution in [0.4, 0.5) is 13.2 Å². The van der Waals surface area contributed by atoms with Crippen molar-refractivity contribution < 1.29 is 22.8 Å². The summed E-state index contributed by atoms with van der Waals surface area (Å²) < 4.78 is 41.7. The highest BCUT2D eigenvalue weighted by atomic mass is 35.5. The average molecular weight is 402 g/mol. The summed E-state index contributed by atoms with van der Waals surface area (Å²) in [5, 5.41) is 0.125. The minimum atomic E-state index is -4.77. The molecule has 2 aromatic carbocycles. The van der Waals surface area contributed by atoms with Gasteiger partial charge >= 0.3 is 6.18 Å². The first-order valence-corrected chi connectivity index (χ1v) is 8.18. The van der Waals surface area contributed by atoms with E-state index in [0.717, 1.165) is 18.2 Å². The first kappa shape index (κ1) is 18.8. The van der Waals surface area contributed by atoms with Crippen molar-refractivity contribution in [3.05, 3.63) is 74.8 Å². The molecule has 1 aliphatic rings. The molecule has 0 saturated heterocycles. The van der Waals surface area contributed by atoms with Crippen LogP contribution in [-0.4, -0.2) is 12.5 Å². The highest BCUT2D eigenvalue weighted by molar-refractivity contribution is 6.34. The van der Waals surface area contributed by atoms with E-state index in [1.807, 2.05) is 0 Å². The molecule has 1 heterocycles. The molecule has 0 aliphatic carbocycles. The Morgan fingerprint density at radius 2 is 1.77 bits per heavy atom. The zero-order valence-corrected chi connectivity index (χ0v) is 14.8. The van der Waals surface area contributed by atoms with E-state index in [0.29, 0.717) is 23.0 Å². The van der Waals surface area contributed by atoms with Gasteiger partial charge in [0.05, 0.1) is 5.70 Å². The van der Waals surface area contributed by atoms with Crippen LogP contribution in [0.15, 0.2) is 42.5 Å². The monoisotopic (exact) mass is 401 g/mol. The number of hydrogen-bond donors (Lipinski definition) is 1. The van der Waals surface area contributed by atoms with Crippen molar-refractivity contribution in [2.24, 2.45) is 0 Å². The van der Waals surface area contributed by atoms with Crippen LogP contribution in [0.3, 0.4) is 0 Å². The molecular weight excluding hydrogens is 390 g/mol. The number of hydroxylamine groups is 1. The third-order valence-corrected chi connectivity index (χ3v) is 4.53. The van der Waals surface area contributed by atoms with E-state index in [1.165, 1.54) is 18.2 Å². The Morgan fingerprint density at radius 3 is 2.31 bits per heavy atom. The Kier molecular flexibility index (Phi) is 4.77. The van der Waals surface area contributed by atoms with Crippen LogP contribution in [0.25, 0.3) is 5.70 Å². The van der Waals surface area contributed by atoms with Gasteiger partial charge in [-0.1, -0.05) is 35.3 Å². The number of carbonyl (C=O) groups is 1. The number of rotatable bonds is 3. The fraction of sp³-hybridized carbons (Fsp3) is 0.167. The molecule has 1 atom stereocenters. The van der Waals surface area contributed by atoms with E-state index < -0.39 is 11.8 Å². The second-order valence-electron chi connectivity index (χ2n) is 5.84. The molecule has 0 fully saturated rings. The van der Waals surface area contributed by atoms with Gasteiger partial charge in [0.1, 0.15) is 6.29 Å². The molecule has 1 unspecified atom stereocenters. The van der Waals surface area contributed by atoms with Gasteiger partial charge in [0, 0.05) is 21.2 Å². The third-order valence-electron chi connectivity index (χ3n) is 4.09. The van der Waals surface area contributed by atoms with Crippen molar-refractivity contribution in [2.75, 3.05) is 0 Å². The van der Waals surface area contributed by atoms with Gasteiger partial charge in [-0.05, 0) is 48.4 Å². The first-order valence-electron chi connectivity index (χ1n) is 7.42. The summed E-state index contributed by atoms with van der Waals surface area (Å²) in [5.74, 6) is 0. The quantitative estimate of drug-likeness (QED) is 0.695. The van der Waals surface area contributed by atoms with Crippen molar-refractivity contribution in [3.63, 3.8) is 0 Å². The van der Waals surface area contributed by atoms with Crippen molar-refractivity contribution in [3.8, 4) is 0 Å². The summed E-state index contributed by atoms with van der Waals surface area (Å²) in [6.07, 6.45) is -3.15. The normalized spacial score (nSPS) is 19.8. The van der Waals surface area contributed by atoms with E-state index in [-0.39, 0.29) is 21.3 Å². The lowest BCUT2D eigenvalue weighted by Crippen LogP contribution is -2.42. The number of carbonyl (C=O) groups excluding carboxylic acids is 1. The summed E-state index contributed by atoms with van der Waals surface area (Å²) in [6, 6.07) is 8.32. The van der Waals surface area contributed by atoms with Crippen LogP contribution in [0.5, 0.6) is 0 Å². The minimum Gasteiger partial charge on any atom is -0.298 e. The zero-order chi connectivity index (χ0) is 19.1. The molecule has 26 heavy (non-hydrogen) atoms. The summed E-state index contributed by atoms with van der Waals surface area (Å²) in [4.78, 5) is 15.9. The van der Waals surface area contributed by atoms with Gasteiger partial charge in [0.15, 0.2) is 0 Å². The lowest BCUT2D eigenvalue weighted by Gasteiger charge is -2.28. The van der Waals surface area contributed by atoms with Crippen molar-refractivity contribution >= 4 is 35.2 Å². The Labute approximate surface area is 157 Å². The summed E-state index contributed by atoms with van der Waals surface area (Å²) >= 11 is 11.7. The number of halogens is 5. The fourth-order valence-electron chi connectivity index (χ4n) is 2.73. The molecule has 1 aliphatic heterocycles. The maximum atomic E-state index is 13.9. The molecule has 3 rings (SSSR count).